The minimum absolute atomic E-state index is 0.0734. The standard InChI is InChI=1S/C19H30N4O5S/c1-13-11-16(22-29(3,25)26)17(23(13)19(24)27-2)12-28-15-7-5-14(6-8-15)18-20-9-4-10-21-18/h4,9-10,13-17,22H,5-8,11-12H2,1-3H3/t13-,14?,15?,16+,17+/m1/s1. The van der Waals surface area contributed by atoms with Crippen molar-refractivity contribution in [1.29, 1.82) is 0 Å². The van der Waals surface area contributed by atoms with Crippen molar-refractivity contribution in [3.63, 3.8) is 0 Å². The summed E-state index contributed by atoms with van der Waals surface area (Å²) in [6.45, 7) is 2.16. The van der Waals surface area contributed by atoms with E-state index >= 15 is 0 Å². The van der Waals surface area contributed by atoms with Gasteiger partial charge in [0, 0.05) is 30.4 Å². The Bertz CT molecular complexity index is 783. The van der Waals surface area contributed by atoms with Gasteiger partial charge in [0.2, 0.25) is 10.0 Å². The van der Waals surface area contributed by atoms with E-state index in [0.717, 1.165) is 37.8 Å². The van der Waals surface area contributed by atoms with Crippen LogP contribution in [0.1, 0.15) is 50.8 Å². The van der Waals surface area contributed by atoms with E-state index in [1.54, 1.807) is 17.3 Å². The first-order valence-corrected chi connectivity index (χ1v) is 11.9. The molecule has 3 atom stereocenters. The number of amides is 1. The molecule has 2 heterocycles. The summed E-state index contributed by atoms with van der Waals surface area (Å²) < 4.78 is 37.2. The zero-order valence-electron chi connectivity index (χ0n) is 17.2. The summed E-state index contributed by atoms with van der Waals surface area (Å²) in [6, 6.07) is 0.881. The maximum atomic E-state index is 12.3. The Morgan fingerprint density at radius 3 is 2.48 bits per heavy atom. The van der Waals surface area contributed by atoms with Crippen LogP contribution in [0.3, 0.4) is 0 Å². The van der Waals surface area contributed by atoms with E-state index in [9.17, 15) is 13.2 Å². The molecule has 162 valence electrons. The average Bonchev–Trinajstić information content (AvgIpc) is 3.00. The third kappa shape index (κ3) is 5.64. The van der Waals surface area contributed by atoms with E-state index in [1.807, 2.05) is 13.0 Å². The lowest BCUT2D eigenvalue weighted by atomic mass is 9.87. The van der Waals surface area contributed by atoms with E-state index in [1.165, 1.54) is 7.11 Å². The van der Waals surface area contributed by atoms with Gasteiger partial charge in [-0.2, -0.15) is 0 Å². The Morgan fingerprint density at radius 2 is 1.90 bits per heavy atom. The van der Waals surface area contributed by atoms with Gasteiger partial charge in [0.1, 0.15) is 5.82 Å². The number of hydrogen-bond acceptors (Lipinski definition) is 7. The fourth-order valence-corrected chi connectivity index (χ4v) is 5.22. The van der Waals surface area contributed by atoms with Gasteiger partial charge in [-0.1, -0.05) is 0 Å². The Hall–Kier alpha value is -1.78. The number of carbonyl (C=O) groups excluding carboxylic acids is 1. The minimum Gasteiger partial charge on any atom is -0.453 e. The van der Waals surface area contributed by atoms with Crippen LogP contribution >= 0.6 is 0 Å². The molecule has 0 unspecified atom stereocenters. The van der Waals surface area contributed by atoms with Crippen molar-refractivity contribution < 1.29 is 22.7 Å². The molecule has 1 aromatic heterocycles. The first-order valence-electron chi connectivity index (χ1n) is 10.0. The molecule has 1 N–H and O–H groups in total. The maximum Gasteiger partial charge on any atom is 0.410 e. The fraction of sp³-hybridized carbons (Fsp3) is 0.737. The lowest BCUT2D eigenvalue weighted by Gasteiger charge is -2.32. The van der Waals surface area contributed by atoms with Crippen LogP contribution in [0.15, 0.2) is 18.5 Å². The van der Waals surface area contributed by atoms with Crippen LogP contribution in [-0.2, 0) is 19.5 Å². The highest BCUT2D eigenvalue weighted by Crippen LogP contribution is 2.33. The number of aromatic nitrogens is 2. The van der Waals surface area contributed by atoms with E-state index in [4.69, 9.17) is 9.47 Å². The number of rotatable bonds is 6. The highest BCUT2D eigenvalue weighted by Gasteiger charge is 2.44. The van der Waals surface area contributed by atoms with Crippen LogP contribution in [-0.4, -0.2) is 73.6 Å². The third-order valence-corrected chi connectivity index (χ3v) is 6.50. The van der Waals surface area contributed by atoms with Crippen molar-refractivity contribution >= 4 is 16.1 Å². The van der Waals surface area contributed by atoms with Gasteiger partial charge in [-0.3, -0.25) is 4.90 Å². The van der Waals surface area contributed by atoms with Gasteiger partial charge in [-0.15, -0.1) is 0 Å². The van der Waals surface area contributed by atoms with Crippen LogP contribution < -0.4 is 4.72 Å². The van der Waals surface area contributed by atoms with Crippen molar-refractivity contribution in [3.8, 4) is 0 Å². The van der Waals surface area contributed by atoms with Crippen LogP contribution in [0.4, 0.5) is 4.79 Å². The molecule has 1 aliphatic carbocycles. The molecule has 0 radical (unpaired) electrons. The van der Waals surface area contributed by atoms with Gasteiger partial charge in [0.15, 0.2) is 0 Å². The summed E-state index contributed by atoms with van der Waals surface area (Å²) in [4.78, 5) is 22.5. The third-order valence-electron chi connectivity index (χ3n) is 5.77. The van der Waals surface area contributed by atoms with Crippen molar-refractivity contribution in [2.75, 3.05) is 20.0 Å². The number of hydrogen-bond donors (Lipinski definition) is 1. The van der Waals surface area contributed by atoms with Gasteiger partial charge in [0.05, 0.1) is 32.1 Å². The first kappa shape index (κ1) is 21.9. The number of nitrogens with zero attached hydrogens (tertiary/aromatic N) is 3. The molecule has 29 heavy (non-hydrogen) atoms. The van der Waals surface area contributed by atoms with E-state index in [-0.39, 0.29) is 18.8 Å². The largest absolute Gasteiger partial charge is 0.453 e. The zero-order chi connectivity index (χ0) is 21.0. The lowest BCUT2D eigenvalue weighted by Crippen LogP contribution is -2.50. The van der Waals surface area contributed by atoms with Crippen molar-refractivity contribution in [2.45, 2.75) is 69.2 Å². The summed E-state index contributed by atoms with van der Waals surface area (Å²) in [7, 11) is -2.07. The average molecular weight is 427 g/mol. The molecule has 10 heteroatoms. The highest BCUT2D eigenvalue weighted by molar-refractivity contribution is 7.88. The molecule has 1 amide bonds. The summed E-state index contributed by atoms with van der Waals surface area (Å²) in [5.41, 5.74) is 0. The number of likely N-dealkylation sites (tertiary alicyclic amines) is 1. The van der Waals surface area contributed by atoms with Gasteiger partial charge in [-0.05, 0) is 45.1 Å². The fourth-order valence-electron chi connectivity index (χ4n) is 4.42. The Morgan fingerprint density at radius 1 is 1.24 bits per heavy atom. The Balaban J connectivity index is 1.59. The zero-order valence-corrected chi connectivity index (χ0v) is 18.0. The second-order valence-electron chi connectivity index (χ2n) is 7.94. The van der Waals surface area contributed by atoms with Crippen LogP contribution in [0.5, 0.6) is 0 Å². The normalized spacial score (nSPS) is 30.3. The summed E-state index contributed by atoms with van der Waals surface area (Å²) >= 11 is 0. The summed E-state index contributed by atoms with van der Waals surface area (Å²) in [5.74, 6) is 1.22. The second kappa shape index (κ2) is 9.36. The van der Waals surface area contributed by atoms with Crippen LogP contribution in [0, 0.1) is 0 Å². The predicted molar refractivity (Wildman–Crippen MR) is 107 cm³/mol. The smallest absolute Gasteiger partial charge is 0.410 e. The molecule has 0 spiro atoms. The van der Waals surface area contributed by atoms with Gasteiger partial charge in [-0.25, -0.2) is 27.9 Å². The highest BCUT2D eigenvalue weighted by atomic mass is 32.2. The summed E-state index contributed by atoms with van der Waals surface area (Å²) in [6.07, 6.45) is 8.45. The monoisotopic (exact) mass is 426 g/mol. The SMILES string of the molecule is COC(=O)N1[C@H](C)C[C@H](NS(C)(=O)=O)[C@@H]1COC1CCC(c2ncccn2)CC1. The number of carbonyl (C=O) groups is 1. The summed E-state index contributed by atoms with van der Waals surface area (Å²) in [5, 5.41) is 0. The topological polar surface area (TPSA) is 111 Å². The van der Waals surface area contributed by atoms with Crippen molar-refractivity contribution in [2.24, 2.45) is 0 Å². The molecule has 2 fully saturated rings. The Kier molecular flexibility index (Phi) is 7.07. The van der Waals surface area contributed by atoms with E-state index in [0.29, 0.717) is 12.3 Å². The molecule has 9 nitrogen and oxygen atoms in total. The molecule has 1 saturated carbocycles. The van der Waals surface area contributed by atoms with E-state index < -0.39 is 28.2 Å². The van der Waals surface area contributed by atoms with Gasteiger partial charge in [0.25, 0.3) is 0 Å². The lowest BCUT2D eigenvalue weighted by molar-refractivity contribution is -0.00892. The number of ether oxygens (including phenoxy) is 2. The Labute approximate surface area is 172 Å². The second-order valence-corrected chi connectivity index (χ2v) is 9.72. The quantitative estimate of drug-likeness (QED) is 0.736. The number of sulfonamides is 1. The predicted octanol–water partition coefficient (Wildman–Crippen LogP) is 1.67. The van der Waals surface area contributed by atoms with Crippen molar-refractivity contribution in [1.82, 2.24) is 19.6 Å². The van der Waals surface area contributed by atoms with Gasteiger partial charge >= 0.3 is 6.09 Å². The van der Waals surface area contributed by atoms with Crippen LogP contribution in [0.25, 0.3) is 0 Å². The maximum absolute atomic E-state index is 12.3. The molecule has 3 rings (SSSR count). The molecular formula is C19H30N4O5S. The molecule has 0 aromatic carbocycles. The molecular weight excluding hydrogens is 396 g/mol. The first-order chi connectivity index (χ1) is 13.8. The van der Waals surface area contributed by atoms with Crippen molar-refractivity contribution in [3.05, 3.63) is 24.3 Å². The number of methoxy groups -OCH3 is 1. The molecule has 1 saturated heterocycles. The molecule has 0 bridgehead atoms. The minimum atomic E-state index is -3.40. The molecule has 2 aliphatic rings. The van der Waals surface area contributed by atoms with Gasteiger partial charge < -0.3 is 9.47 Å². The number of nitrogens with one attached hydrogen (secondary N) is 1. The van der Waals surface area contributed by atoms with Crippen LogP contribution in [0.2, 0.25) is 0 Å². The van der Waals surface area contributed by atoms with E-state index in [2.05, 4.69) is 14.7 Å². The molecule has 1 aromatic rings. The molecule has 1 aliphatic heterocycles.